The average Bonchev–Trinajstić information content (AvgIpc) is 2.91. The second-order valence-corrected chi connectivity index (χ2v) is 5.50. The number of aromatic nitrogens is 4. The molecule has 4 N–H and O–H groups in total. The van der Waals surface area contributed by atoms with Crippen molar-refractivity contribution in [2.45, 2.75) is 0 Å². The summed E-state index contributed by atoms with van der Waals surface area (Å²) in [5.41, 5.74) is 7.21. The van der Waals surface area contributed by atoms with Crippen molar-refractivity contribution >= 4 is 28.2 Å². The van der Waals surface area contributed by atoms with Gasteiger partial charge in [-0.25, -0.2) is 9.37 Å². The number of benzene rings is 1. The molecule has 8 nitrogen and oxygen atoms in total. The largest absolute Gasteiger partial charge is 0.462 e. The van der Waals surface area contributed by atoms with Gasteiger partial charge < -0.3 is 20.7 Å². The van der Waals surface area contributed by atoms with Crippen LogP contribution in [0.3, 0.4) is 0 Å². The maximum absolute atomic E-state index is 13.9. The number of hydrogen-bond donors (Lipinski definition) is 3. The molecule has 1 aromatic carbocycles. The molecule has 0 atom stereocenters. The molecule has 0 spiro atoms. The van der Waals surface area contributed by atoms with Gasteiger partial charge in [-0.05, 0) is 32.3 Å². The fourth-order valence-corrected chi connectivity index (χ4v) is 2.08. The van der Waals surface area contributed by atoms with Crippen molar-refractivity contribution in [2.75, 3.05) is 38.3 Å². The van der Waals surface area contributed by atoms with Crippen molar-refractivity contribution < 1.29 is 9.13 Å². The average molecular weight is 331 g/mol. The predicted octanol–water partition coefficient (Wildman–Crippen LogP) is 1.76. The minimum Gasteiger partial charge on any atom is -0.462 e. The number of nitrogen functional groups attached to an aromatic ring is 1. The molecule has 2 aromatic heterocycles. The first kappa shape index (κ1) is 15.9. The van der Waals surface area contributed by atoms with E-state index in [0.717, 1.165) is 17.1 Å². The van der Waals surface area contributed by atoms with E-state index in [1.54, 1.807) is 18.2 Å². The van der Waals surface area contributed by atoms with Crippen LogP contribution in [0.5, 0.6) is 6.01 Å². The van der Waals surface area contributed by atoms with Crippen LogP contribution < -0.4 is 15.8 Å². The van der Waals surface area contributed by atoms with Crippen LogP contribution in [-0.2, 0) is 0 Å². The van der Waals surface area contributed by atoms with Crippen molar-refractivity contribution in [1.29, 1.82) is 0 Å². The minimum absolute atomic E-state index is 0.0336. The highest BCUT2D eigenvalue weighted by molar-refractivity contribution is 5.91. The van der Waals surface area contributed by atoms with Crippen molar-refractivity contribution in [3.8, 4) is 6.01 Å². The molecule has 0 fully saturated rings. The van der Waals surface area contributed by atoms with Gasteiger partial charge in [-0.1, -0.05) is 0 Å². The van der Waals surface area contributed by atoms with Crippen LogP contribution in [0, 0.1) is 5.82 Å². The number of nitrogens with zero attached hydrogens (tertiary/aromatic N) is 4. The van der Waals surface area contributed by atoms with E-state index < -0.39 is 5.82 Å². The first-order valence-corrected chi connectivity index (χ1v) is 7.33. The number of fused-ring (bicyclic) bond motifs is 1. The fourth-order valence-electron chi connectivity index (χ4n) is 2.08. The number of nitrogens with one attached hydrogen (secondary N) is 2. The third-order valence-corrected chi connectivity index (χ3v) is 3.35. The van der Waals surface area contributed by atoms with Gasteiger partial charge in [-0.3, -0.25) is 5.10 Å². The Morgan fingerprint density at radius 3 is 3.00 bits per heavy atom. The Labute approximate surface area is 137 Å². The molecule has 24 heavy (non-hydrogen) atoms. The quantitative estimate of drug-likeness (QED) is 0.632. The number of rotatable bonds is 6. The molecule has 0 unspecified atom stereocenters. The number of hydrogen-bond acceptors (Lipinski definition) is 7. The van der Waals surface area contributed by atoms with Crippen molar-refractivity contribution in [3.63, 3.8) is 0 Å². The van der Waals surface area contributed by atoms with Gasteiger partial charge in [0, 0.05) is 17.6 Å². The van der Waals surface area contributed by atoms with Gasteiger partial charge in [0.05, 0.1) is 11.7 Å². The number of likely N-dealkylation sites (N-methyl/N-ethyl adjacent to an activating group) is 1. The van der Waals surface area contributed by atoms with Gasteiger partial charge in [0.2, 0.25) is 0 Å². The zero-order valence-electron chi connectivity index (χ0n) is 13.4. The summed E-state index contributed by atoms with van der Waals surface area (Å²) in [7, 11) is 3.86. The second-order valence-electron chi connectivity index (χ2n) is 5.50. The van der Waals surface area contributed by atoms with Gasteiger partial charge in [-0.2, -0.15) is 10.1 Å². The molecule has 0 bridgehead atoms. The molecule has 0 aliphatic carbocycles. The summed E-state index contributed by atoms with van der Waals surface area (Å²) >= 11 is 0. The standard InChI is InChI=1S/C15H18FN7O/c1-23(2)5-6-24-15-18-8-11(16)14(20-15)19-9-3-4-12-10(7-9)13(17)22-21-12/h3-4,7-8H,5-6H2,1-2H3,(H3,17,21,22)(H,18,19,20). The molecule has 0 saturated heterocycles. The molecule has 0 radical (unpaired) electrons. The smallest absolute Gasteiger partial charge is 0.318 e. The Bertz CT molecular complexity index is 849. The second kappa shape index (κ2) is 6.67. The Hall–Kier alpha value is -2.94. The van der Waals surface area contributed by atoms with E-state index in [0.29, 0.717) is 24.7 Å². The summed E-state index contributed by atoms with van der Waals surface area (Å²) in [6, 6.07) is 5.45. The van der Waals surface area contributed by atoms with Crippen LogP contribution in [-0.4, -0.2) is 52.3 Å². The summed E-state index contributed by atoms with van der Waals surface area (Å²) in [6.07, 6.45) is 1.07. The third-order valence-electron chi connectivity index (χ3n) is 3.35. The summed E-state index contributed by atoms with van der Waals surface area (Å²) in [6.45, 7) is 1.12. The van der Waals surface area contributed by atoms with Crippen LogP contribution >= 0.6 is 0 Å². The Kier molecular flexibility index (Phi) is 4.43. The number of anilines is 3. The Morgan fingerprint density at radius 1 is 1.38 bits per heavy atom. The summed E-state index contributed by atoms with van der Waals surface area (Å²) in [5.74, 6) is -0.161. The van der Waals surface area contributed by atoms with Crippen molar-refractivity contribution in [3.05, 3.63) is 30.2 Å². The molecule has 0 aliphatic heterocycles. The fraction of sp³-hybridized carbons (Fsp3) is 0.267. The lowest BCUT2D eigenvalue weighted by Crippen LogP contribution is -2.20. The van der Waals surface area contributed by atoms with E-state index in [4.69, 9.17) is 10.5 Å². The number of aromatic amines is 1. The van der Waals surface area contributed by atoms with Crippen LogP contribution in [0.15, 0.2) is 24.4 Å². The van der Waals surface area contributed by atoms with E-state index in [2.05, 4.69) is 25.5 Å². The number of H-pyrrole nitrogens is 1. The molecule has 0 aliphatic rings. The lowest BCUT2D eigenvalue weighted by molar-refractivity contribution is 0.245. The lowest BCUT2D eigenvalue weighted by Gasteiger charge is -2.11. The SMILES string of the molecule is CN(C)CCOc1ncc(F)c(Nc2ccc3[nH]nc(N)c3c2)n1. The number of halogens is 1. The van der Waals surface area contributed by atoms with Crippen LogP contribution in [0.25, 0.3) is 10.9 Å². The lowest BCUT2D eigenvalue weighted by atomic mass is 10.2. The summed E-state index contributed by atoms with van der Waals surface area (Å²) in [4.78, 5) is 9.86. The van der Waals surface area contributed by atoms with E-state index in [9.17, 15) is 4.39 Å². The molecule has 0 amide bonds. The third kappa shape index (κ3) is 3.51. The Balaban J connectivity index is 1.78. The first-order valence-electron chi connectivity index (χ1n) is 7.33. The highest BCUT2D eigenvalue weighted by Crippen LogP contribution is 2.25. The van der Waals surface area contributed by atoms with Crippen molar-refractivity contribution in [1.82, 2.24) is 25.1 Å². The normalized spacial score (nSPS) is 11.2. The molecular formula is C15H18FN7O. The van der Waals surface area contributed by atoms with Crippen molar-refractivity contribution in [2.24, 2.45) is 0 Å². The molecule has 3 aromatic rings. The van der Waals surface area contributed by atoms with Crippen LogP contribution in [0.2, 0.25) is 0 Å². The number of nitrogens with two attached hydrogens (primary N) is 1. The van der Waals surface area contributed by atoms with Gasteiger partial charge in [0.25, 0.3) is 0 Å². The van der Waals surface area contributed by atoms with Crippen LogP contribution in [0.1, 0.15) is 0 Å². The van der Waals surface area contributed by atoms with Gasteiger partial charge in [-0.15, -0.1) is 0 Å². The monoisotopic (exact) mass is 331 g/mol. The van der Waals surface area contributed by atoms with E-state index in [1.807, 2.05) is 19.0 Å². The van der Waals surface area contributed by atoms with Gasteiger partial charge >= 0.3 is 6.01 Å². The Morgan fingerprint density at radius 2 is 2.21 bits per heavy atom. The molecule has 2 heterocycles. The highest BCUT2D eigenvalue weighted by atomic mass is 19.1. The first-order chi connectivity index (χ1) is 11.5. The molecule has 126 valence electrons. The topological polar surface area (TPSA) is 105 Å². The number of ether oxygens (including phenoxy) is 1. The summed E-state index contributed by atoms with van der Waals surface area (Å²) in [5, 5.41) is 10.4. The highest BCUT2D eigenvalue weighted by Gasteiger charge is 2.10. The molecule has 9 heteroatoms. The van der Waals surface area contributed by atoms with Crippen LogP contribution in [0.4, 0.5) is 21.7 Å². The molecular weight excluding hydrogens is 313 g/mol. The maximum Gasteiger partial charge on any atom is 0.318 e. The molecule has 0 saturated carbocycles. The zero-order chi connectivity index (χ0) is 17.1. The minimum atomic E-state index is -0.574. The summed E-state index contributed by atoms with van der Waals surface area (Å²) < 4.78 is 19.4. The van der Waals surface area contributed by atoms with E-state index in [1.165, 1.54) is 0 Å². The predicted molar refractivity (Wildman–Crippen MR) is 89.8 cm³/mol. The van der Waals surface area contributed by atoms with E-state index in [-0.39, 0.29) is 11.8 Å². The van der Waals surface area contributed by atoms with Gasteiger partial charge in [0.1, 0.15) is 6.61 Å². The molecule has 3 rings (SSSR count). The zero-order valence-corrected chi connectivity index (χ0v) is 13.4. The van der Waals surface area contributed by atoms with Gasteiger partial charge in [0.15, 0.2) is 17.5 Å². The maximum atomic E-state index is 13.9. The van der Waals surface area contributed by atoms with E-state index >= 15 is 0 Å².